The Morgan fingerprint density at radius 2 is 1.18 bits per heavy atom. The van der Waals surface area contributed by atoms with Crippen LogP contribution in [0.2, 0.25) is 0 Å². The second-order valence-electron chi connectivity index (χ2n) is 9.73. The number of amides is 2. The van der Waals surface area contributed by atoms with Crippen LogP contribution in [-0.4, -0.2) is 72.3 Å². The highest BCUT2D eigenvalue weighted by Gasteiger charge is 2.46. The number of nitrogens with one attached hydrogen (secondary N) is 2. The van der Waals surface area contributed by atoms with Gasteiger partial charge in [-0.2, -0.15) is 0 Å². The zero-order valence-electron chi connectivity index (χ0n) is 22.6. The smallest absolute Gasteiger partial charge is 0.310 e. The molecule has 0 bridgehead atoms. The summed E-state index contributed by atoms with van der Waals surface area (Å²) in [5.41, 5.74) is -0.968. The van der Waals surface area contributed by atoms with Gasteiger partial charge in [-0.25, -0.2) is 0 Å². The van der Waals surface area contributed by atoms with Crippen LogP contribution in [0.1, 0.15) is 72.1 Å². The second kappa shape index (κ2) is 13.5. The van der Waals surface area contributed by atoms with Crippen molar-refractivity contribution in [2.45, 2.75) is 95.4 Å². The third kappa shape index (κ3) is 8.38. The van der Waals surface area contributed by atoms with E-state index in [1.807, 2.05) is 0 Å². The number of carbonyl (C=O) groups excluding carboxylic acids is 5. The topological polar surface area (TPSA) is 167 Å². The summed E-state index contributed by atoms with van der Waals surface area (Å²) in [7, 11) is 3.39. The van der Waals surface area contributed by atoms with Crippen molar-refractivity contribution in [3.8, 4) is 0 Å². The minimum absolute atomic E-state index is 0.182. The highest BCUT2D eigenvalue weighted by Crippen LogP contribution is 2.39. The van der Waals surface area contributed by atoms with Gasteiger partial charge in [-0.3, -0.25) is 24.0 Å². The van der Waals surface area contributed by atoms with Crippen LogP contribution in [0.3, 0.4) is 0 Å². The van der Waals surface area contributed by atoms with Gasteiger partial charge in [0.1, 0.15) is 11.5 Å². The van der Waals surface area contributed by atoms with Crippen LogP contribution in [0.5, 0.6) is 0 Å². The number of aliphatic hydroxyl groups is 1. The van der Waals surface area contributed by atoms with Crippen LogP contribution in [0.25, 0.3) is 0 Å². The molecule has 0 aromatic heterocycles. The highest BCUT2D eigenvalue weighted by molar-refractivity contribution is 5.93. The van der Waals surface area contributed by atoms with E-state index < -0.39 is 23.0 Å². The van der Waals surface area contributed by atoms with Gasteiger partial charge in [0.25, 0.3) is 0 Å². The van der Waals surface area contributed by atoms with Crippen LogP contribution < -0.4 is 10.6 Å². The van der Waals surface area contributed by atoms with Gasteiger partial charge in [0.05, 0.1) is 23.3 Å². The summed E-state index contributed by atoms with van der Waals surface area (Å²) in [5.74, 6) is -1.22. The molecule has 0 radical (unpaired) electrons. The van der Waals surface area contributed by atoms with Gasteiger partial charge < -0.3 is 34.7 Å². The van der Waals surface area contributed by atoms with E-state index >= 15 is 0 Å². The van der Waals surface area contributed by atoms with Crippen LogP contribution in [0, 0.1) is 0 Å². The summed E-state index contributed by atoms with van der Waals surface area (Å²) in [4.78, 5) is 53.2. The fourth-order valence-electron chi connectivity index (χ4n) is 5.07. The number of hydrogen-bond acceptors (Lipinski definition) is 10. The maximum atomic E-state index is 11.4. The minimum atomic E-state index is -0.562. The Balaban J connectivity index is 0.000000218. The van der Waals surface area contributed by atoms with Crippen LogP contribution in [0.15, 0.2) is 23.7 Å². The lowest BCUT2D eigenvalue weighted by Crippen LogP contribution is -2.49. The molecule has 4 rings (SSSR count). The molecule has 4 aliphatic rings. The Bertz CT molecular complexity index is 959. The minimum Gasteiger partial charge on any atom is -0.510 e. The molecule has 2 fully saturated rings. The Hall–Kier alpha value is -3.25. The summed E-state index contributed by atoms with van der Waals surface area (Å²) in [6.07, 6.45) is 9.67. The third-order valence-electron chi connectivity index (χ3n) is 7.00. The molecule has 0 aromatic rings. The molecular weight excluding hydrogens is 500 g/mol. The van der Waals surface area contributed by atoms with Crippen molar-refractivity contribution in [2.24, 2.45) is 0 Å². The molecule has 2 spiro atoms. The average molecular weight is 539 g/mol. The molecule has 2 amide bonds. The van der Waals surface area contributed by atoms with Crippen molar-refractivity contribution in [1.82, 2.24) is 10.6 Å². The number of aliphatic hydroxyl groups excluding tert-OH is 1. The lowest BCUT2D eigenvalue weighted by atomic mass is 9.80. The van der Waals surface area contributed by atoms with Gasteiger partial charge in [-0.15, -0.1) is 0 Å². The quantitative estimate of drug-likeness (QED) is 0.356. The Kier molecular flexibility index (Phi) is 11.0. The average Bonchev–Trinajstić information content (AvgIpc) is 3.28. The first-order chi connectivity index (χ1) is 17.8. The number of ether oxygens (including phenoxy) is 4. The maximum absolute atomic E-state index is 11.4. The van der Waals surface area contributed by atoms with Gasteiger partial charge in [-0.1, -0.05) is 0 Å². The summed E-state index contributed by atoms with van der Waals surface area (Å²) in [6.45, 7) is 3.71. The SMILES string of the molecule is CC(=O)OC(C)=O.COC1CCC2(CC1)NC(=O)C=C2O.COC1CCC2(CC1)NC(=O)C=C2OC(C)=O. The van der Waals surface area contributed by atoms with E-state index in [4.69, 9.17) is 14.2 Å². The van der Waals surface area contributed by atoms with Crippen molar-refractivity contribution in [1.29, 1.82) is 0 Å². The second-order valence-corrected chi connectivity index (χ2v) is 9.73. The first-order valence-corrected chi connectivity index (χ1v) is 12.6. The molecule has 0 unspecified atom stereocenters. The standard InChI is InChI=1S/C12H17NO4.C10H15NO3.C4H6O3/c1-8(14)17-10-7-11(15)13-12(10)5-3-9(16-2)4-6-12;1-14-7-2-4-10(5-3-7)8(12)6-9(13)11-10;1-3(5)7-4(2)6/h7,9H,3-6H2,1-2H3,(H,13,15);6-7,12H,2-5H2,1H3,(H,11,13);1-2H3. The molecule has 12 nitrogen and oxygen atoms in total. The number of hydrogen-bond donors (Lipinski definition) is 3. The molecule has 38 heavy (non-hydrogen) atoms. The molecule has 0 saturated heterocycles. The van der Waals surface area contributed by atoms with E-state index in [0.717, 1.165) is 51.4 Å². The molecule has 3 N–H and O–H groups in total. The van der Waals surface area contributed by atoms with Gasteiger partial charge in [0, 0.05) is 47.1 Å². The Labute approximate surface area is 222 Å². The Morgan fingerprint density at radius 1 is 0.763 bits per heavy atom. The predicted molar refractivity (Wildman–Crippen MR) is 133 cm³/mol. The summed E-state index contributed by atoms with van der Waals surface area (Å²) < 4.78 is 19.7. The lowest BCUT2D eigenvalue weighted by molar-refractivity contribution is -0.156. The van der Waals surface area contributed by atoms with Crippen LogP contribution in [-0.2, 0) is 42.9 Å². The predicted octanol–water partition coefficient (Wildman–Crippen LogP) is 1.87. The largest absolute Gasteiger partial charge is 0.510 e. The fraction of sp³-hybridized carbons (Fsp3) is 0.654. The lowest BCUT2D eigenvalue weighted by Gasteiger charge is -2.37. The zero-order chi connectivity index (χ0) is 28.5. The zero-order valence-corrected chi connectivity index (χ0v) is 22.6. The van der Waals surface area contributed by atoms with E-state index in [0.29, 0.717) is 5.76 Å². The number of methoxy groups -OCH3 is 2. The number of esters is 3. The van der Waals surface area contributed by atoms with E-state index in [1.54, 1.807) is 14.2 Å². The van der Waals surface area contributed by atoms with Gasteiger partial charge in [0.2, 0.25) is 11.8 Å². The Morgan fingerprint density at radius 3 is 1.53 bits per heavy atom. The summed E-state index contributed by atoms with van der Waals surface area (Å²) >= 11 is 0. The molecule has 12 heteroatoms. The maximum Gasteiger partial charge on any atom is 0.310 e. The van der Waals surface area contributed by atoms with E-state index in [1.165, 1.54) is 32.9 Å². The van der Waals surface area contributed by atoms with E-state index in [-0.39, 0.29) is 35.8 Å². The first-order valence-electron chi connectivity index (χ1n) is 12.6. The van der Waals surface area contributed by atoms with Crippen molar-refractivity contribution < 1.29 is 48.0 Å². The molecule has 2 aliphatic heterocycles. The van der Waals surface area contributed by atoms with E-state index in [9.17, 15) is 29.1 Å². The van der Waals surface area contributed by atoms with Crippen molar-refractivity contribution in [2.75, 3.05) is 14.2 Å². The molecule has 0 aromatic carbocycles. The molecule has 2 heterocycles. The first kappa shape index (κ1) is 31.0. The fourth-order valence-corrected chi connectivity index (χ4v) is 5.07. The van der Waals surface area contributed by atoms with Gasteiger partial charge in [0.15, 0.2) is 0 Å². The van der Waals surface area contributed by atoms with Gasteiger partial charge in [-0.05, 0) is 51.4 Å². The normalized spacial score (nSPS) is 29.5. The molecule has 212 valence electrons. The summed E-state index contributed by atoms with van der Waals surface area (Å²) in [6, 6.07) is 0. The highest BCUT2D eigenvalue weighted by atomic mass is 16.6. The molecule has 2 aliphatic carbocycles. The number of carbonyl (C=O) groups is 5. The van der Waals surface area contributed by atoms with Crippen molar-refractivity contribution >= 4 is 29.7 Å². The summed E-state index contributed by atoms with van der Waals surface area (Å²) in [5, 5.41) is 15.4. The molecule has 0 atom stereocenters. The van der Waals surface area contributed by atoms with Crippen molar-refractivity contribution in [3.05, 3.63) is 23.7 Å². The third-order valence-corrected chi connectivity index (χ3v) is 7.00. The molecule has 2 saturated carbocycles. The number of rotatable bonds is 3. The van der Waals surface area contributed by atoms with Crippen LogP contribution >= 0.6 is 0 Å². The molecular formula is C26H38N2O10. The van der Waals surface area contributed by atoms with Crippen LogP contribution in [0.4, 0.5) is 0 Å². The monoisotopic (exact) mass is 538 g/mol. The van der Waals surface area contributed by atoms with Gasteiger partial charge >= 0.3 is 17.9 Å². The van der Waals surface area contributed by atoms with E-state index in [2.05, 4.69) is 15.4 Å². The van der Waals surface area contributed by atoms with Crippen molar-refractivity contribution in [3.63, 3.8) is 0 Å².